The second kappa shape index (κ2) is 17.3. The number of primary amides is 1. The molecule has 12 nitrogen and oxygen atoms in total. The van der Waals surface area contributed by atoms with Crippen LogP contribution in [0.3, 0.4) is 0 Å². The Kier molecular flexibility index (Phi) is 13.0. The molecule has 266 valence electrons. The largest absolute Gasteiger partial charge is 0.508 e. The summed E-state index contributed by atoms with van der Waals surface area (Å²) in [5.74, 6) is -2.00. The van der Waals surface area contributed by atoms with Gasteiger partial charge < -0.3 is 36.4 Å². The number of amides is 5. The van der Waals surface area contributed by atoms with Crippen molar-refractivity contribution < 1.29 is 33.8 Å². The molecule has 1 aliphatic rings. The van der Waals surface area contributed by atoms with Crippen molar-refractivity contribution in [3.05, 3.63) is 102 Å². The van der Waals surface area contributed by atoms with E-state index in [1.807, 2.05) is 60.7 Å². The van der Waals surface area contributed by atoms with Gasteiger partial charge in [-0.15, -0.1) is 0 Å². The molecule has 0 unspecified atom stereocenters. The molecular weight excluding hydrogens is 638 g/mol. The smallest absolute Gasteiger partial charge is 0.408 e. The highest BCUT2D eigenvalue weighted by atomic mass is 16.6. The second-order valence-electron chi connectivity index (χ2n) is 13.6. The molecule has 12 heteroatoms. The van der Waals surface area contributed by atoms with Crippen molar-refractivity contribution in [2.45, 2.75) is 89.1 Å². The Labute approximate surface area is 292 Å². The Morgan fingerprint density at radius 3 is 1.88 bits per heavy atom. The zero-order valence-corrected chi connectivity index (χ0v) is 28.8. The lowest BCUT2D eigenvalue weighted by atomic mass is 10.0. The number of alkyl carbamates (subject to hydrolysis) is 1. The summed E-state index contributed by atoms with van der Waals surface area (Å²) in [5.41, 5.74) is 7.20. The van der Waals surface area contributed by atoms with Crippen molar-refractivity contribution in [3.63, 3.8) is 0 Å². The molecule has 0 aromatic heterocycles. The van der Waals surface area contributed by atoms with Gasteiger partial charge in [-0.25, -0.2) is 4.79 Å². The molecule has 0 radical (unpaired) electrons. The molecule has 1 fully saturated rings. The molecule has 1 saturated heterocycles. The molecule has 0 aliphatic carbocycles. The van der Waals surface area contributed by atoms with Crippen LogP contribution in [0, 0.1) is 0 Å². The molecule has 0 bridgehead atoms. The number of phenols is 1. The van der Waals surface area contributed by atoms with Crippen LogP contribution in [-0.4, -0.2) is 76.0 Å². The first-order valence-electron chi connectivity index (χ1n) is 16.8. The number of carbonyl (C=O) groups excluding carboxylic acids is 5. The SMILES string of the molecule is CC(C)(C)OC(=O)N[C@@H](Cc1ccc(O)cc1)C(=O)N1CCC[C@@H]1CC(=O)N[C@@H](Cc1ccccc1)C(=O)N[C@@H](Cc1ccccc1)C(N)=O. The molecule has 4 rings (SSSR count). The number of phenolic OH excluding ortho intramolecular Hbond substituents is 1. The van der Waals surface area contributed by atoms with Crippen LogP contribution in [0.2, 0.25) is 0 Å². The summed E-state index contributed by atoms with van der Waals surface area (Å²) in [7, 11) is 0. The minimum Gasteiger partial charge on any atom is -0.508 e. The number of rotatable bonds is 14. The highest BCUT2D eigenvalue weighted by Gasteiger charge is 2.36. The fourth-order valence-corrected chi connectivity index (χ4v) is 5.93. The number of nitrogens with zero attached hydrogens (tertiary/aromatic N) is 1. The van der Waals surface area contributed by atoms with E-state index < -0.39 is 53.6 Å². The minimum atomic E-state index is -1.02. The maximum atomic E-state index is 14.0. The normalized spacial score (nSPS) is 16.1. The van der Waals surface area contributed by atoms with Gasteiger partial charge in [0.05, 0.1) is 0 Å². The fraction of sp³-hybridized carbons (Fsp3) is 0.395. The number of likely N-dealkylation sites (tertiary alicyclic amines) is 1. The molecule has 5 amide bonds. The first kappa shape index (κ1) is 37.4. The van der Waals surface area contributed by atoms with Gasteiger partial charge in [0.25, 0.3) is 0 Å². The first-order chi connectivity index (χ1) is 23.8. The van der Waals surface area contributed by atoms with Crippen LogP contribution in [-0.2, 0) is 43.2 Å². The van der Waals surface area contributed by atoms with E-state index in [0.29, 0.717) is 24.9 Å². The second-order valence-corrected chi connectivity index (χ2v) is 13.6. The summed E-state index contributed by atoms with van der Waals surface area (Å²) in [4.78, 5) is 67.9. The standard InChI is InChI=1S/C38H47N5O7/c1-38(2,3)50-37(49)42-32(23-27-16-18-29(44)19-17-27)36(48)43-20-10-15-28(43)24-33(45)40-31(22-26-13-8-5-9-14-26)35(47)41-30(34(39)46)21-25-11-6-4-7-12-25/h4-9,11-14,16-19,28,30-32,44H,10,15,20-24H2,1-3H3,(H2,39,46)(H,40,45)(H,41,47)(H,42,49)/t28-,30+,31+,32+/m1/s1. The maximum absolute atomic E-state index is 14.0. The van der Waals surface area contributed by atoms with E-state index in [1.54, 1.807) is 37.8 Å². The predicted octanol–water partition coefficient (Wildman–Crippen LogP) is 3.15. The number of benzene rings is 3. The highest BCUT2D eigenvalue weighted by Crippen LogP contribution is 2.23. The van der Waals surface area contributed by atoms with Crippen LogP contribution < -0.4 is 21.7 Å². The maximum Gasteiger partial charge on any atom is 0.408 e. The summed E-state index contributed by atoms with van der Waals surface area (Å²) in [5, 5.41) is 18.0. The van der Waals surface area contributed by atoms with E-state index in [0.717, 1.165) is 11.1 Å². The van der Waals surface area contributed by atoms with E-state index in [-0.39, 0.29) is 37.3 Å². The van der Waals surface area contributed by atoms with E-state index in [1.165, 1.54) is 12.1 Å². The lowest BCUT2D eigenvalue weighted by molar-refractivity contribution is -0.136. The van der Waals surface area contributed by atoms with E-state index in [4.69, 9.17) is 10.5 Å². The van der Waals surface area contributed by atoms with Crippen LogP contribution >= 0.6 is 0 Å². The molecule has 0 spiro atoms. The van der Waals surface area contributed by atoms with Gasteiger partial charge in [-0.05, 0) is 62.4 Å². The zero-order chi connectivity index (χ0) is 36.3. The number of hydrogen-bond acceptors (Lipinski definition) is 7. The number of nitrogens with one attached hydrogen (secondary N) is 3. The van der Waals surface area contributed by atoms with Crippen molar-refractivity contribution in [2.75, 3.05) is 6.54 Å². The van der Waals surface area contributed by atoms with Crippen molar-refractivity contribution in [2.24, 2.45) is 5.73 Å². The van der Waals surface area contributed by atoms with E-state index >= 15 is 0 Å². The molecule has 4 atom stereocenters. The van der Waals surface area contributed by atoms with Crippen LogP contribution in [0.15, 0.2) is 84.9 Å². The van der Waals surface area contributed by atoms with Gasteiger partial charge >= 0.3 is 6.09 Å². The van der Waals surface area contributed by atoms with Crippen molar-refractivity contribution >= 4 is 29.7 Å². The Morgan fingerprint density at radius 2 is 1.32 bits per heavy atom. The average molecular weight is 686 g/mol. The van der Waals surface area contributed by atoms with Crippen LogP contribution in [0.25, 0.3) is 0 Å². The Balaban J connectivity index is 1.47. The highest BCUT2D eigenvalue weighted by molar-refractivity contribution is 5.92. The third kappa shape index (κ3) is 11.6. The summed E-state index contributed by atoms with van der Waals surface area (Å²) in [6, 6.07) is 21.2. The predicted molar refractivity (Wildman–Crippen MR) is 188 cm³/mol. The lowest BCUT2D eigenvalue weighted by Gasteiger charge is -2.30. The molecule has 3 aromatic carbocycles. The molecule has 3 aromatic rings. The number of aromatic hydroxyl groups is 1. The van der Waals surface area contributed by atoms with Gasteiger partial charge in [-0.2, -0.15) is 0 Å². The Morgan fingerprint density at radius 1 is 0.780 bits per heavy atom. The minimum absolute atomic E-state index is 0.0722. The van der Waals surface area contributed by atoms with Crippen LogP contribution in [0.5, 0.6) is 5.75 Å². The Bertz CT molecular complexity index is 1610. The fourth-order valence-electron chi connectivity index (χ4n) is 5.93. The number of nitrogens with two attached hydrogens (primary N) is 1. The van der Waals surface area contributed by atoms with Gasteiger partial charge in [-0.1, -0.05) is 72.8 Å². The molecule has 50 heavy (non-hydrogen) atoms. The summed E-state index contributed by atoms with van der Waals surface area (Å²) < 4.78 is 5.43. The van der Waals surface area contributed by atoms with Gasteiger partial charge in [0.15, 0.2) is 0 Å². The molecule has 1 aliphatic heterocycles. The molecule has 1 heterocycles. The van der Waals surface area contributed by atoms with Gasteiger partial charge in [0, 0.05) is 38.3 Å². The van der Waals surface area contributed by atoms with Crippen molar-refractivity contribution in [1.29, 1.82) is 0 Å². The van der Waals surface area contributed by atoms with Crippen molar-refractivity contribution in [3.8, 4) is 5.75 Å². The summed E-state index contributed by atoms with van der Waals surface area (Å²) in [6.45, 7) is 5.55. The van der Waals surface area contributed by atoms with E-state index in [2.05, 4.69) is 16.0 Å². The third-order valence-corrected chi connectivity index (χ3v) is 8.32. The molecule has 0 saturated carbocycles. The van der Waals surface area contributed by atoms with Crippen molar-refractivity contribution in [1.82, 2.24) is 20.9 Å². The average Bonchev–Trinajstić information content (AvgIpc) is 3.52. The number of ether oxygens (including phenoxy) is 1. The number of hydrogen-bond donors (Lipinski definition) is 5. The zero-order valence-electron chi connectivity index (χ0n) is 28.8. The topological polar surface area (TPSA) is 180 Å². The molecule has 6 N–H and O–H groups in total. The van der Waals surface area contributed by atoms with Gasteiger partial charge in [0.1, 0.15) is 29.5 Å². The molecular formula is C38H47N5O7. The first-order valence-corrected chi connectivity index (χ1v) is 16.8. The third-order valence-electron chi connectivity index (χ3n) is 8.32. The Hall–Kier alpha value is -5.39. The summed E-state index contributed by atoms with van der Waals surface area (Å²) >= 11 is 0. The van der Waals surface area contributed by atoms with Crippen LogP contribution in [0.1, 0.15) is 56.7 Å². The monoisotopic (exact) mass is 685 g/mol. The van der Waals surface area contributed by atoms with Gasteiger partial charge in [0.2, 0.25) is 23.6 Å². The number of carbonyl (C=O) groups is 5. The van der Waals surface area contributed by atoms with E-state index in [9.17, 15) is 29.1 Å². The summed E-state index contributed by atoms with van der Waals surface area (Å²) in [6.07, 6.45) is 0.860. The lowest BCUT2D eigenvalue weighted by Crippen LogP contribution is -2.55. The quantitative estimate of drug-likeness (QED) is 0.173. The van der Waals surface area contributed by atoms with Gasteiger partial charge in [-0.3, -0.25) is 19.2 Å². The van der Waals surface area contributed by atoms with Crippen LogP contribution in [0.4, 0.5) is 4.79 Å².